The Morgan fingerprint density at radius 1 is 0.923 bits per heavy atom. The highest BCUT2D eigenvalue weighted by molar-refractivity contribution is 7.14. The number of hydrogen-bond donors (Lipinski definition) is 1. The number of thiazole rings is 1. The Hall–Kier alpha value is -3.24. The maximum Gasteiger partial charge on any atom is 0.250 e. The number of carbonyl (C=O) groups excluding carboxylic acids is 1. The number of fused-ring (bicyclic) bond motifs is 1. The molecule has 0 aliphatic rings. The van der Waals surface area contributed by atoms with Crippen LogP contribution in [0, 0.1) is 0 Å². The van der Waals surface area contributed by atoms with Crippen LogP contribution in [0.5, 0.6) is 0 Å². The van der Waals surface area contributed by atoms with Gasteiger partial charge in [-0.2, -0.15) is 0 Å². The van der Waals surface area contributed by atoms with Gasteiger partial charge in [-0.25, -0.2) is 4.98 Å². The first-order valence-electron chi connectivity index (χ1n) is 8.27. The van der Waals surface area contributed by atoms with Crippen LogP contribution in [0.25, 0.3) is 28.1 Å². The summed E-state index contributed by atoms with van der Waals surface area (Å²) in [5, 5.41) is 7.75. The molecule has 3 aromatic carbocycles. The van der Waals surface area contributed by atoms with E-state index in [1.807, 2.05) is 47.8 Å². The molecule has 26 heavy (non-hydrogen) atoms. The molecule has 0 aliphatic carbocycles. The van der Waals surface area contributed by atoms with Crippen molar-refractivity contribution in [2.75, 3.05) is 5.32 Å². The molecule has 0 atom stereocenters. The smallest absolute Gasteiger partial charge is 0.250 e. The molecule has 126 valence electrons. The molecule has 0 unspecified atom stereocenters. The minimum absolute atomic E-state index is 0.187. The predicted octanol–water partition coefficient (Wildman–Crippen LogP) is 5.62. The van der Waals surface area contributed by atoms with E-state index in [2.05, 4.69) is 40.6 Å². The predicted molar refractivity (Wildman–Crippen MR) is 109 cm³/mol. The second kappa shape index (κ2) is 7.33. The van der Waals surface area contributed by atoms with Gasteiger partial charge in [-0.05, 0) is 28.5 Å². The largest absolute Gasteiger partial charge is 0.298 e. The van der Waals surface area contributed by atoms with Gasteiger partial charge in [-0.1, -0.05) is 66.7 Å². The van der Waals surface area contributed by atoms with Crippen LogP contribution in [0.15, 0.2) is 84.3 Å². The quantitative estimate of drug-likeness (QED) is 0.483. The van der Waals surface area contributed by atoms with E-state index in [4.69, 9.17) is 0 Å². The third-order valence-corrected chi connectivity index (χ3v) is 4.76. The molecular formula is C22H16N2OS. The van der Waals surface area contributed by atoms with Gasteiger partial charge in [0.1, 0.15) is 0 Å². The number of nitrogens with zero attached hydrogens (tertiary/aromatic N) is 1. The minimum Gasteiger partial charge on any atom is -0.298 e. The van der Waals surface area contributed by atoms with Crippen LogP contribution in [-0.2, 0) is 4.79 Å². The van der Waals surface area contributed by atoms with Crippen LogP contribution >= 0.6 is 11.3 Å². The Balaban J connectivity index is 1.48. The lowest BCUT2D eigenvalue weighted by Crippen LogP contribution is -2.07. The SMILES string of the molecule is O=C(C=Cc1ccccc1)Nc1nc(-c2ccc3ccccc3c2)cs1. The monoisotopic (exact) mass is 356 g/mol. The molecule has 0 bridgehead atoms. The van der Waals surface area contributed by atoms with E-state index in [1.54, 1.807) is 6.08 Å². The van der Waals surface area contributed by atoms with Crippen molar-refractivity contribution in [2.45, 2.75) is 0 Å². The lowest BCUT2D eigenvalue weighted by Gasteiger charge is -2.01. The summed E-state index contributed by atoms with van der Waals surface area (Å²) in [6.07, 6.45) is 3.31. The van der Waals surface area contributed by atoms with Gasteiger partial charge >= 0.3 is 0 Å². The molecule has 0 radical (unpaired) electrons. The number of amides is 1. The molecule has 0 saturated heterocycles. The van der Waals surface area contributed by atoms with E-state index in [0.29, 0.717) is 5.13 Å². The molecular weight excluding hydrogens is 340 g/mol. The van der Waals surface area contributed by atoms with Crippen LogP contribution in [-0.4, -0.2) is 10.9 Å². The van der Waals surface area contributed by atoms with Crippen molar-refractivity contribution in [3.05, 3.63) is 89.8 Å². The molecule has 4 heteroatoms. The first-order valence-corrected chi connectivity index (χ1v) is 9.15. The molecule has 1 heterocycles. The van der Waals surface area contributed by atoms with E-state index in [0.717, 1.165) is 16.8 Å². The summed E-state index contributed by atoms with van der Waals surface area (Å²) < 4.78 is 0. The summed E-state index contributed by atoms with van der Waals surface area (Å²) in [6, 6.07) is 24.2. The summed E-state index contributed by atoms with van der Waals surface area (Å²) in [5.41, 5.74) is 2.89. The fourth-order valence-electron chi connectivity index (χ4n) is 2.70. The molecule has 0 saturated carbocycles. The normalized spacial score (nSPS) is 11.1. The highest BCUT2D eigenvalue weighted by Gasteiger charge is 2.07. The van der Waals surface area contributed by atoms with Crippen LogP contribution < -0.4 is 5.32 Å². The van der Waals surface area contributed by atoms with Gasteiger partial charge < -0.3 is 0 Å². The van der Waals surface area contributed by atoms with Gasteiger partial charge in [0.15, 0.2) is 5.13 Å². The first-order chi connectivity index (χ1) is 12.8. The number of carbonyl (C=O) groups is 1. The maximum atomic E-state index is 12.1. The van der Waals surface area contributed by atoms with Crippen LogP contribution in [0.4, 0.5) is 5.13 Å². The molecule has 4 aromatic rings. The van der Waals surface area contributed by atoms with Gasteiger partial charge in [0.2, 0.25) is 5.91 Å². The van der Waals surface area contributed by atoms with Crippen molar-refractivity contribution in [2.24, 2.45) is 0 Å². The average molecular weight is 356 g/mol. The van der Waals surface area contributed by atoms with Crippen molar-refractivity contribution >= 4 is 39.2 Å². The van der Waals surface area contributed by atoms with Crippen molar-refractivity contribution < 1.29 is 4.79 Å². The second-order valence-electron chi connectivity index (χ2n) is 5.83. The van der Waals surface area contributed by atoms with Crippen LogP contribution in [0.3, 0.4) is 0 Å². The van der Waals surface area contributed by atoms with Gasteiger partial charge in [-0.3, -0.25) is 10.1 Å². The Morgan fingerprint density at radius 3 is 2.54 bits per heavy atom. The van der Waals surface area contributed by atoms with Crippen molar-refractivity contribution in [1.29, 1.82) is 0 Å². The molecule has 0 spiro atoms. The van der Waals surface area contributed by atoms with Gasteiger partial charge in [0.25, 0.3) is 0 Å². The maximum absolute atomic E-state index is 12.1. The minimum atomic E-state index is -0.187. The fraction of sp³-hybridized carbons (Fsp3) is 0. The summed E-state index contributed by atoms with van der Waals surface area (Å²) in [6.45, 7) is 0. The van der Waals surface area contributed by atoms with E-state index in [1.165, 1.54) is 28.2 Å². The molecule has 1 amide bonds. The van der Waals surface area contributed by atoms with Crippen molar-refractivity contribution in [1.82, 2.24) is 4.98 Å². The number of benzene rings is 3. The summed E-state index contributed by atoms with van der Waals surface area (Å²) in [7, 11) is 0. The topological polar surface area (TPSA) is 42.0 Å². The van der Waals surface area contributed by atoms with Crippen LogP contribution in [0.1, 0.15) is 5.56 Å². The molecule has 0 aliphatic heterocycles. The molecule has 1 N–H and O–H groups in total. The van der Waals surface area contributed by atoms with E-state index >= 15 is 0 Å². The Kier molecular flexibility index (Phi) is 4.58. The number of hydrogen-bond acceptors (Lipinski definition) is 3. The van der Waals surface area contributed by atoms with Gasteiger partial charge in [0, 0.05) is 17.0 Å². The highest BCUT2D eigenvalue weighted by atomic mass is 32.1. The van der Waals surface area contributed by atoms with Gasteiger partial charge in [-0.15, -0.1) is 11.3 Å². The standard InChI is InChI=1S/C22H16N2OS/c25-21(13-10-16-6-2-1-3-7-16)24-22-23-20(15-26-22)19-12-11-17-8-4-5-9-18(17)14-19/h1-15H,(H,23,24,25). The van der Waals surface area contributed by atoms with Crippen molar-refractivity contribution in [3.8, 4) is 11.3 Å². The molecule has 0 fully saturated rings. The first kappa shape index (κ1) is 16.2. The van der Waals surface area contributed by atoms with E-state index in [-0.39, 0.29) is 5.91 Å². The summed E-state index contributed by atoms with van der Waals surface area (Å²) in [5.74, 6) is -0.187. The second-order valence-corrected chi connectivity index (χ2v) is 6.69. The molecule has 1 aromatic heterocycles. The van der Waals surface area contributed by atoms with Gasteiger partial charge in [0.05, 0.1) is 5.69 Å². The number of nitrogens with one attached hydrogen (secondary N) is 1. The number of anilines is 1. The zero-order valence-corrected chi connectivity index (χ0v) is 14.7. The number of aromatic nitrogens is 1. The zero-order chi connectivity index (χ0) is 17.8. The third kappa shape index (κ3) is 3.71. The summed E-state index contributed by atoms with van der Waals surface area (Å²) >= 11 is 1.42. The average Bonchev–Trinajstić information content (AvgIpc) is 3.15. The highest BCUT2D eigenvalue weighted by Crippen LogP contribution is 2.27. The summed E-state index contributed by atoms with van der Waals surface area (Å²) in [4.78, 5) is 16.6. The fourth-order valence-corrected chi connectivity index (χ4v) is 3.42. The third-order valence-electron chi connectivity index (χ3n) is 4.01. The Morgan fingerprint density at radius 2 is 1.69 bits per heavy atom. The molecule has 3 nitrogen and oxygen atoms in total. The Bertz CT molecular complexity index is 1080. The van der Waals surface area contributed by atoms with E-state index in [9.17, 15) is 4.79 Å². The zero-order valence-electron chi connectivity index (χ0n) is 13.9. The number of rotatable bonds is 4. The van der Waals surface area contributed by atoms with E-state index < -0.39 is 0 Å². The van der Waals surface area contributed by atoms with Crippen LogP contribution in [0.2, 0.25) is 0 Å². The Labute approximate surface area is 155 Å². The molecule has 4 rings (SSSR count). The lowest BCUT2D eigenvalue weighted by molar-refractivity contribution is -0.111. The lowest BCUT2D eigenvalue weighted by atomic mass is 10.1. The van der Waals surface area contributed by atoms with Crippen molar-refractivity contribution in [3.63, 3.8) is 0 Å².